The highest BCUT2D eigenvalue weighted by molar-refractivity contribution is 7.17. The number of thiazole rings is 1. The SMILES string of the molecule is O=C(O)c1sc(-c2c(F)cccc2F)nc1O. The van der Waals surface area contributed by atoms with E-state index >= 15 is 0 Å². The Morgan fingerprint density at radius 2 is 1.88 bits per heavy atom. The Hall–Kier alpha value is -2.02. The number of hydrogen-bond acceptors (Lipinski definition) is 4. The van der Waals surface area contributed by atoms with Gasteiger partial charge < -0.3 is 10.2 Å². The first-order chi connectivity index (χ1) is 8.00. The van der Waals surface area contributed by atoms with Gasteiger partial charge >= 0.3 is 5.97 Å². The average Bonchev–Trinajstić information content (AvgIpc) is 2.60. The van der Waals surface area contributed by atoms with Crippen LogP contribution >= 0.6 is 11.3 Å². The Kier molecular flexibility index (Phi) is 2.76. The fraction of sp³-hybridized carbons (Fsp3) is 0. The van der Waals surface area contributed by atoms with Gasteiger partial charge in [-0.3, -0.25) is 0 Å². The Morgan fingerprint density at radius 3 is 2.35 bits per heavy atom. The third kappa shape index (κ3) is 1.96. The molecule has 7 heteroatoms. The molecule has 0 spiro atoms. The molecule has 0 atom stereocenters. The maximum atomic E-state index is 13.4. The number of aromatic hydroxyl groups is 1. The summed E-state index contributed by atoms with van der Waals surface area (Å²) in [6.45, 7) is 0. The maximum absolute atomic E-state index is 13.4. The van der Waals surface area contributed by atoms with Crippen LogP contribution in [0.5, 0.6) is 5.88 Å². The third-order valence-corrected chi connectivity index (χ3v) is 3.03. The summed E-state index contributed by atoms with van der Waals surface area (Å²) in [5, 5.41) is 17.7. The van der Waals surface area contributed by atoms with Gasteiger partial charge in [-0.25, -0.2) is 18.6 Å². The van der Waals surface area contributed by atoms with E-state index in [0.717, 1.165) is 12.1 Å². The summed E-state index contributed by atoms with van der Waals surface area (Å²) in [6, 6.07) is 3.23. The van der Waals surface area contributed by atoms with Gasteiger partial charge in [0.2, 0.25) is 5.88 Å². The van der Waals surface area contributed by atoms with Crippen LogP contribution in [0.3, 0.4) is 0 Å². The molecule has 0 unspecified atom stereocenters. The Balaban J connectivity index is 2.62. The predicted molar refractivity (Wildman–Crippen MR) is 56.1 cm³/mol. The van der Waals surface area contributed by atoms with E-state index in [-0.39, 0.29) is 5.01 Å². The number of benzene rings is 1. The monoisotopic (exact) mass is 257 g/mol. The molecule has 1 aromatic carbocycles. The quantitative estimate of drug-likeness (QED) is 0.867. The summed E-state index contributed by atoms with van der Waals surface area (Å²) in [7, 11) is 0. The lowest BCUT2D eigenvalue weighted by molar-refractivity contribution is 0.0699. The molecule has 0 saturated carbocycles. The second kappa shape index (κ2) is 4.10. The van der Waals surface area contributed by atoms with Crippen molar-refractivity contribution in [3.8, 4) is 16.5 Å². The van der Waals surface area contributed by atoms with Crippen LogP contribution in [0, 0.1) is 11.6 Å². The molecule has 2 N–H and O–H groups in total. The zero-order valence-electron chi connectivity index (χ0n) is 8.15. The van der Waals surface area contributed by atoms with Crippen molar-refractivity contribution < 1.29 is 23.8 Å². The largest absolute Gasteiger partial charge is 0.492 e. The Morgan fingerprint density at radius 1 is 1.29 bits per heavy atom. The molecule has 0 saturated heterocycles. The van der Waals surface area contributed by atoms with E-state index in [0.29, 0.717) is 11.3 Å². The number of carbonyl (C=O) groups is 1. The highest BCUT2D eigenvalue weighted by atomic mass is 32.1. The number of aromatic nitrogens is 1. The van der Waals surface area contributed by atoms with Crippen LogP contribution < -0.4 is 0 Å². The van der Waals surface area contributed by atoms with E-state index < -0.39 is 33.9 Å². The average molecular weight is 257 g/mol. The van der Waals surface area contributed by atoms with Crippen LogP contribution in [-0.4, -0.2) is 21.2 Å². The number of carboxylic acids is 1. The summed E-state index contributed by atoms with van der Waals surface area (Å²) in [6.07, 6.45) is 0. The molecule has 1 aromatic heterocycles. The molecule has 0 bridgehead atoms. The molecule has 1 heterocycles. The number of hydrogen-bond donors (Lipinski definition) is 2. The molecule has 2 aromatic rings. The van der Waals surface area contributed by atoms with Crippen LogP contribution in [0.1, 0.15) is 9.67 Å². The normalized spacial score (nSPS) is 10.5. The molecule has 4 nitrogen and oxygen atoms in total. The molecule has 0 aliphatic rings. The molecule has 0 aliphatic heterocycles. The summed E-state index contributed by atoms with van der Waals surface area (Å²) in [5.41, 5.74) is -0.444. The van der Waals surface area contributed by atoms with Gasteiger partial charge in [0.1, 0.15) is 16.6 Å². The molecule has 0 radical (unpaired) electrons. The highest BCUT2D eigenvalue weighted by Crippen LogP contribution is 2.34. The number of carboxylic acid groups (broad SMARTS) is 1. The van der Waals surface area contributed by atoms with E-state index in [1.165, 1.54) is 6.07 Å². The smallest absolute Gasteiger partial charge is 0.351 e. The van der Waals surface area contributed by atoms with Crippen LogP contribution in [0.4, 0.5) is 8.78 Å². The van der Waals surface area contributed by atoms with Gasteiger partial charge in [0.15, 0.2) is 4.88 Å². The minimum absolute atomic E-state index is 0.212. The van der Waals surface area contributed by atoms with Crippen LogP contribution in [0.25, 0.3) is 10.6 Å². The van der Waals surface area contributed by atoms with Gasteiger partial charge in [0, 0.05) is 0 Å². The first kappa shape index (κ1) is 11.5. The van der Waals surface area contributed by atoms with Crippen molar-refractivity contribution in [2.75, 3.05) is 0 Å². The number of nitrogens with zero attached hydrogens (tertiary/aromatic N) is 1. The highest BCUT2D eigenvalue weighted by Gasteiger charge is 2.21. The van der Waals surface area contributed by atoms with Crippen molar-refractivity contribution in [1.29, 1.82) is 0 Å². The van der Waals surface area contributed by atoms with E-state index in [2.05, 4.69) is 4.98 Å². The minimum Gasteiger partial charge on any atom is -0.492 e. The van der Waals surface area contributed by atoms with Gasteiger partial charge in [-0.05, 0) is 12.1 Å². The van der Waals surface area contributed by atoms with Gasteiger partial charge in [-0.2, -0.15) is 0 Å². The second-order valence-corrected chi connectivity index (χ2v) is 4.07. The van der Waals surface area contributed by atoms with Gasteiger partial charge in [-0.1, -0.05) is 6.07 Å². The van der Waals surface area contributed by atoms with E-state index in [4.69, 9.17) is 5.11 Å². The minimum atomic E-state index is -1.40. The van der Waals surface area contributed by atoms with Crippen molar-refractivity contribution in [3.63, 3.8) is 0 Å². The zero-order chi connectivity index (χ0) is 12.6. The topological polar surface area (TPSA) is 70.4 Å². The lowest BCUT2D eigenvalue weighted by Gasteiger charge is -1.99. The van der Waals surface area contributed by atoms with Gasteiger partial charge in [0.25, 0.3) is 0 Å². The zero-order valence-corrected chi connectivity index (χ0v) is 8.96. The second-order valence-electron chi connectivity index (χ2n) is 3.07. The van der Waals surface area contributed by atoms with Crippen LogP contribution in [0.15, 0.2) is 18.2 Å². The summed E-state index contributed by atoms with van der Waals surface area (Å²) in [4.78, 5) is 13.6. The van der Waals surface area contributed by atoms with E-state index in [9.17, 15) is 18.7 Å². The van der Waals surface area contributed by atoms with Crippen LogP contribution in [0.2, 0.25) is 0 Å². The van der Waals surface area contributed by atoms with Crippen molar-refractivity contribution in [2.24, 2.45) is 0 Å². The van der Waals surface area contributed by atoms with E-state index in [1.54, 1.807) is 0 Å². The molecular weight excluding hydrogens is 252 g/mol. The molecule has 17 heavy (non-hydrogen) atoms. The Bertz CT molecular complexity index is 577. The van der Waals surface area contributed by atoms with Gasteiger partial charge in [0.05, 0.1) is 5.56 Å². The number of rotatable bonds is 2. The molecule has 0 aliphatic carbocycles. The Labute approximate surface area is 97.8 Å². The molecule has 0 amide bonds. The maximum Gasteiger partial charge on any atom is 0.351 e. The van der Waals surface area contributed by atoms with Crippen molar-refractivity contribution in [3.05, 3.63) is 34.7 Å². The van der Waals surface area contributed by atoms with Crippen molar-refractivity contribution in [2.45, 2.75) is 0 Å². The predicted octanol–water partition coefficient (Wildman–Crippen LogP) is 2.49. The standard InChI is InChI=1S/C10H5F2NO3S/c11-4-2-1-3-5(12)6(4)9-13-8(14)7(17-9)10(15)16/h1-3,14H,(H,15,16). The van der Waals surface area contributed by atoms with Gasteiger partial charge in [-0.15, -0.1) is 11.3 Å². The first-order valence-electron chi connectivity index (χ1n) is 4.38. The summed E-state index contributed by atoms with van der Waals surface area (Å²) in [5.74, 6) is -3.88. The van der Waals surface area contributed by atoms with Crippen molar-refractivity contribution >= 4 is 17.3 Å². The number of halogens is 2. The van der Waals surface area contributed by atoms with E-state index in [1.807, 2.05) is 0 Å². The molecule has 2 rings (SSSR count). The molecule has 0 fully saturated rings. The van der Waals surface area contributed by atoms with Crippen molar-refractivity contribution in [1.82, 2.24) is 4.98 Å². The first-order valence-corrected chi connectivity index (χ1v) is 5.20. The summed E-state index contributed by atoms with van der Waals surface area (Å²) < 4.78 is 26.8. The summed E-state index contributed by atoms with van der Waals surface area (Å²) >= 11 is 0.508. The fourth-order valence-corrected chi connectivity index (χ4v) is 2.11. The molecular formula is C10H5F2NO3S. The molecule has 88 valence electrons. The fourth-order valence-electron chi connectivity index (χ4n) is 1.26. The number of aromatic carboxylic acids is 1. The van der Waals surface area contributed by atoms with Crippen LogP contribution in [-0.2, 0) is 0 Å². The third-order valence-electron chi connectivity index (χ3n) is 1.98. The lowest BCUT2D eigenvalue weighted by Crippen LogP contribution is -1.91. The lowest BCUT2D eigenvalue weighted by atomic mass is 10.2.